The lowest BCUT2D eigenvalue weighted by Gasteiger charge is -2.17. The summed E-state index contributed by atoms with van der Waals surface area (Å²) in [5.74, 6) is -0.317. The van der Waals surface area contributed by atoms with Gasteiger partial charge in [-0.15, -0.1) is 0 Å². The van der Waals surface area contributed by atoms with Crippen molar-refractivity contribution in [2.45, 2.75) is 25.4 Å². The highest BCUT2D eigenvalue weighted by atomic mass is 35.5. The summed E-state index contributed by atoms with van der Waals surface area (Å²) >= 11 is 6.02. The van der Waals surface area contributed by atoms with Crippen LogP contribution < -0.4 is 9.46 Å². The zero-order chi connectivity index (χ0) is 16.1. The lowest BCUT2D eigenvalue weighted by atomic mass is 10.1. The summed E-state index contributed by atoms with van der Waals surface area (Å²) in [6.45, 7) is 0. The fourth-order valence-electron chi connectivity index (χ4n) is 2.95. The second kappa shape index (κ2) is 5.38. The zero-order valence-corrected chi connectivity index (χ0v) is 13.4. The first-order valence-electron chi connectivity index (χ1n) is 6.91. The van der Waals surface area contributed by atoms with Crippen LogP contribution in [0.2, 0.25) is 5.02 Å². The van der Waals surface area contributed by atoms with Gasteiger partial charge in [-0.3, -0.25) is 4.79 Å². The summed E-state index contributed by atoms with van der Waals surface area (Å²) < 4.78 is 43.5. The third-order valence-electron chi connectivity index (χ3n) is 4.04. The van der Waals surface area contributed by atoms with Crippen molar-refractivity contribution in [3.63, 3.8) is 0 Å². The number of hydrogen-bond donors (Lipinski definition) is 1. The first kappa shape index (κ1) is 15.6. The number of sulfonamides is 1. The number of ether oxygens (including phenoxy) is 1. The predicted octanol–water partition coefficient (Wildman–Crippen LogP) is 2.35. The number of nitrogens with one attached hydrogen (secondary N) is 1. The van der Waals surface area contributed by atoms with Crippen LogP contribution in [-0.4, -0.2) is 26.7 Å². The fraction of sp³-hybridized carbons (Fsp3) is 0.500. The van der Waals surface area contributed by atoms with Crippen molar-refractivity contribution in [3.8, 4) is 5.75 Å². The van der Waals surface area contributed by atoms with Gasteiger partial charge in [-0.25, -0.2) is 17.5 Å². The summed E-state index contributed by atoms with van der Waals surface area (Å²) in [5.41, 5.74) is -0.433. The molecule has 1 unspecified atom stereocenters. The topological polar surface area (TPSA) is 72.5 Å². The smallest absolute Gasteiger partial charge is 0.267 e. The molecule has 0 radical (unpaired) electrons. The number of carbonyl (C=O) groups is 1. The molecule has 0 aliphatic heterocycles. The van der Waals surface area contributed by atoms with Crippen molar-refractivity contribution in [2.75, 3.05) is 6.26 Å². The predicted molar refractivity (Wildman–Crippen MR) is 79.0 cm³/mol. The molecular formula is C14H15ClFNO4S. The van der Waals surface area contributed by atoms with Crippen LogP contribution in [0.5, 0.6) is 5.75 Å². The molecule has 5 nitrogen and oxygen atoms in total. The van der Waals surface area contributed by atoms with Crippen LogP contribution in [-0.2, 0) is 10.0 Å². The molecule has 2 aliphatic carbocycles. The molecule has 0 bridgehead atoms. The van der Waals surface area contributed by atoms with Crippen LogP contribution in [0.15, 0.2) is 12.1 Å². The highest BCUT2D eigenvalue weighted by Crippen LogP contribution is 2.52. The maximum Gasteiger partial charge on any atom is 0.267 e. The van der Waals surface area contributed by atoms with Gasteiger partial charge in [0.15, 0.2) is 0 Å². The van der Waals surface area contributed by atoms with Gasteiger partial charge < -0.3 is 4.74 Å². The Kier molecular flexibility index (Phi) is 3.81. The normalized spacial score (nSPS) is 26.4. The molecular weight excluding hydrogens is 333 g/mol. The Labute approximate surface area is 132 Å². The second-order valence-corrected chi connectivity index (χ2v) is 8.09. The van der Waals surface area contributed by atoms with Crippen LogP contribution in [0.1, 0.15) is 29.6 Å². The van der Waals surface area contributed by atoms with E-state index in [9.17, 15) is 17.6 Å². The molecule has 22 heavy (non-hydrogen) atoms. The molecule has 8 heteroatoms. The Hall–Kier alpha value is -1.34. The van der Waals surface area contributed by atoms with E-state index < -0.39 is 27.3 Å². The van der Waals surface area contributed by atoms with Gasteiger partial charge in [-0.05, 0) is 37.2 Å². The number of carbonyl (C=O) groups excluding carboxylic acids is 1. The van der Waals surface area contributed by atoms with E-state index in [4.69, 9.17) is 16.3 Å². The van der Waals surface area contributed by atoms with E-state index in [-0.39, 0.29) is 16.9 Å². The summed E-state index contributed by atoms with van der Waals surface area (Å²) in [7, 11) is -3.77. The Bertz CT molecular complexity index is 727. The molecule has 2 aliphatic rings. The zero-order valence-electron chi connectivity index (χ0n) is 11.8. The minimum absolute atomic E-state index is 0.0244. The largest absolute Gasteiger partial charge is 0.489 e. The van der Waals surface area contributed by atoms with E-state index in [1.165, 1.54) is 6.42 Å². The van der Waals surface area contributed by atoms with Gasteiger partial charge in [-0.1, -0.05) is 11.6 Å². The number of amides is 1. The summed E-state index contributed by atoms with van der Waals surface area (Å²) in [6.07, 6.45) is 3.97. The van der Waals surface area contributed by atoms with E-state index in [0.29, 0.717) is 11.8 Å². The minimum atomic E-state index is -3.77. The second-order valence-electron chi connectivity index (χ2n) is 5.93. The van der Waals surface area contributed by atoms with Crippen molar-refractivity contribution in [2.24, 2.45) is 11.8 Å². The third-order valence-corrected chi connectivity index (χ3v) is 4.89. The molecule has 3 rings (SSSR count). The molecule has 3 atom stereocenters. The fourth-order valence-corrected chi connectivity index (χ4v) is 3.61. The number of fused-ring (bicyclic) bond motifs is 1. The van der Waals surface area contributed by atoms with Gasteiger partial charge in [0.1, 0.15) is 11.6 Å². The SMILES string of the molecule is CS(=O)(=O)NC(=O)c1cc(Cl)c(OC2C[C@@H]3C[C@@H]3C2)cc1F. The number of halogens is 2. The molecule has 1 amide bonds. The molecule has 1 aromatic carbocycles. The Morgan fingerprint density at radius 1 is 1.32 bits per heavy atom. The van der Waals surface area contributed by atoms with E-state index in [1.807, 2.05) is 0 Å². The Balaban J connectivity index is 1.77. The molecule has 0 aromatic heterocycles. The van der Waals surface area contributed by atoms with Crippen LogP contribution >= 0.6 is 11.6 Å². The molecule has 0 heterocycles. The molecule has 1 aromatic rings. The average Bonchev–Trinajstić information content (AvgIpc) is 2.99. The first-order valence-corrected chi connectivity index (χ1v) is 9.17. The maximum atomic E-state index is 14.0. The van der Waals surface area contributed by atoms with Crippen LogP contribution in [0.25, 0.3) is 0 Å². The van der Waals surface area contributed by atoms with Crippen LogP contribution in [0.3, 0.4) is 0 Å². The van der Waals surface area contributed by atoms with E-state index in [0.717, 1.165) is 31.2 Å². The van der Waals surface area contributed by atoms with Crippen LogP contribution in [0, 0.1) is 17.7 Å². The number of rotatable bonds is 4. The van der Waals surface area contributed by atoms with E-state index >= 15 is 0 Å². The molecule has 0 spiro atoms. The van der Waals surface area contributed by atoms with Gasteiger partial charge in [0, 0.05) is 6.07 Å². The Morgan fingerprint density at radius 3 is 2.55 bits per heavy atom. The minimum Gasteiger partial charge on any atom is -0.489 e. The number of hydrogen-bond acceptors (Lipinski definition) is 4. The monoisotopic (exact) mass is 347 g/mol. The Morgan fingerprint density at radius 2 is 1.95 bits per heavy atom. The van der Waals surface area contributed by atoms with Gasteiger partial charge in [0.2, 0.25) is 10.0 Å². The lowest BCUT2D eigenvalue weighted by molar-refractivity contribution is 0.0977. The first-order chi connectivity index (χ1) is 10.2. The summed E-state index contributed by atoms with van der Waals surface area (Å²) in [4.78, 5) is 11.7. The van der Waals surface area contributed by atoms with E-state index in [1.54, 1.807) is 4.72 Å². The van der Waals surface area contributed by atoms with Gasteiger partial charge in [0.25, 0.3) is 5.91 Å². The van der Waals surface area contributed by atoms with Crippen molar-refractivity contribution in [3.05, 3.63) is 28.5 Å². The van der Waals surface area contributed by atoms with Crippen molar-refractivity contribution < 1.29 is 22.3 Å². The number of benzene rings is 1. The van der Waals surface area contributed by atoms with Gasteiger partial charge in [0.05, 0.1) is 22.9 Å². The summed E-state index contributed by atoms with van der Waals surface area (Å²) in [5, 5.41) is 0.0839. The molecule has 2 saturated carbocycles. The maximum absolute atomic E-state index is 14.0. The van der Waals surface area contributed by atoms with E-state index in [2.05, 4.69) is 0 Å². The molecule has 120 valence electrons. The molecule has 0 saturated heterocycles. The molecule has 2 fully saturated rings. The van der Waals surface area contributed by atoms with Gasteiger partial charge >= 0.3 is 0 Å². The average molecular weight is 348 g/mol. The van der Waals surface area contributed by atoms with Gasteiger partial charge in [-0.2, -0.15) is 0 Å². The lowest BCUT2D eigenvalue weighted by Crippen LogP contribution is -2.30. The van der Waals surface area contributed by atoms with Crippen molar-refractivity contribution >= 4 is 27.5 Å². The quantitative estimate of drug-likeness (QED) is 0.907. The highest BCUT2D eigenvalue weighted by molar-refractivity contribution is 7.89. The van der Waals surface area contributed by atoms with Crippen molar-refractivity contribution in [1.82, 2.24) is 4.72 Å². The standard InChI is InChI=1S/C14H15ClFNO4S/c1-22(19,20)17-14(18)10-5-11(15)13(6-12(10)16)21-9-3-7-2-8(7)4-9/h5-9H,2-4H2,1H3,(H,17,18)/t7-,8+,9?. The highest BCUT2D eigenvalue weighted by Gasteiger charge is 2.47. The van der Waals surface area contributed by atoms with Crippen molar-refractivity contribution in [1.29, 1.82) is 0 Å². The van der Waals surface area contributed by atoms with Crippen LogP contribution in [0.4, 0.5) is 4.39 Å². The molecule has 1 N–H and O–H groups in total. The summed E-state index contributed by atoms with van der Waals surface area (Å²) in [6, 6.07) is 2.12. The third kappa shape index (κ3) is 3.35.